The van der Waals surface area contributed by atoms with E-state index in [1.54, 1.807) is 30.0 Å². The van der Waals surface area contributed by atoms with Gasteiger partial charge in [0.05, 0.1) is 6.04 Å². The molecule has 0 aliphatic carbocycles. The van der Waals surface area contributed by atoms with E-state index in [4.69, 9.17) is 9.15 Å². The smallest absolute Gasteiger partial charge is 0.276 e. The Balaban J connectivity index is 1.64. The van der Waals surface area contributed by atoms with Crippen molar-refractivity contribution in [1.82, 2.24) is 19.9 Å². The Morgan fingerprint density at radius 2 is 2.03 bits per heavy atom. The molecule has 1 saturated heterocycles. The summed E-state index contributed by atoms with van der Waals surface area (Å²) >= 11 is 0. The van der Waals surface area contributed by atoms with Crippen molar-refractivity contribution in [1.29, 1.82) is 0 Å². The number of likely N-dealkylation sites (tertiary alicyclic amines) is 1. The molecule has 0 spiro atoms. The number of halogens is 1. The van der Waals surface area contributed by atoms with Gasteiger partial charge in [-0.05, 0) is 38.3 Å². The van der Waals surface area contributed by atoms with Crippen LogP contribution in [0.15, 0.2) is 41.0 Å². The summed E-state index contributed by atoms with van der Waals surface area (Å²) < 4.78 is 24.8. The molecule has 3 heterocycles. The first kappa shape index (κ1) is 19.0. The van der Waals surface area contributed by atoms with Crippen LogP contribution >= 0.6 is 0 Å². The Labute approximate surface area is 167 Å². The molecule has 1 aliphatic rings. The zero-order valence-electron chi connectivity index (χ0n) is 16.3. The van der Waals surface area contributed by atoms with Crippen molar-refractivity contribution in [3.63, 3.8) is 0 Å². The quantitative estimate of drug-likeness (QED) is 0.651. The van der Waals surface area contributed by atoms with Crippen molar-refractivity contribution < 1.29 is 18.3 Å². The van der Waals surface area contributed by atoms with Crippen LogP contribution in [0.1, 0.15) is 53.2 Å². The van der Waals surface area contributed by atoms with E-state index < -0.39 is 5.82 Å². The highest BCUT2D eigenvalue weighted by atomic mass is 19.1. The van der Waals surface area contributed by atoms with E-state index in [1.165, 1.54) is 18.4 Å². The minimum absolute atomic E-state index is 0.0891. The largest absolute Gasteiger partial charge is 0.448 e. The third-order valence-electron chi connectivity index (χ3n) is 4.80. The summed E-state index contributed by atoms with van der Waals surface area (Å²) in [6.45, 7) is 4.09. The highest BCUT2D eigenvalue weighted by molar-refractivity contribution is 5.92. The van der Waals surface area contributed by atoms with Gasteiger partial charge in [-0.25, -0.2) is 14.4 Å². The van der Waals surface area contributed by atoms with Gasteiger partial charge in [0.25, 0.3) is 5.91 Å². The molecule has 7 nitrogen and oxygen atoms in total. The van der Waals surface area contributed by atoms with Crippen LogP contribution in [0.5, 0.6) is 11.6 Å². The zero-order valence-corrected chi connectivity index (χ0v) is 16.3. The Morgan fingerprint density at radius 3 is 2.79 bits per heavy atom. The molecule has 0 unspecified atom stereocenters. The van der Waals surface area contributed by atoms with Crippen LogP contribution in [0.2, 0.25) is 0 Å². The number of rotatable bonds is 4. The number of benzene rings is 1. The molecule has 29 heavy (non-hydrogen) atoms. The molecule has 1 fully saturated rings. The Hall–Kier alpha value is -3.29. The highest BCUT2D eigenvalue weighted by Crippen LogP contribution is 2.32. The number of aromatic nitrogens is 3. The second-order valence-corrected chi connectivity index (χ2v) is 7.00. The number of oxazole rings is 1. The highest BCUT2D eigenvalue weighted by Gasteiger charge is 2.32. The van der Waals surface area contributed by atoms with Crippen LogP contribution in [-0.4, -0.2) is 32.3 Å². The van der Waals surface area contributed by atoms with Gasteiger partial charge in [0, 0.05) is 25.2 Å². The van der Waals surface area contributed by atoms with E-state index in [0.29, 0.717) is 24.0 Å². The SMILES string of the molecule is Cc1cc(Oc2ccccc2F)nc([C@@H]2CCCCN2C(=O)c2coc(C)n2)n1. The van der Waals surface area contributed by atoms with Gasteiger partial charge in [-0.1, -0.05) is 12.1 Å². The molecule has 3 aromatic rings. The predicted molar refractivity (Wildman–Crippen MR) is 102 cm³/mol. The summed E-state index contributed by atoms with van der Waals surface area (Å²) in [4.78, 5) is 27.9. The minimum atomic E-state index is -0.471. The number of para-hydroxylation sites is 1. The maximum Gasteiger partial charge on any atom is 0.276 e. The number of carbonyl (C=O) groups is 1. The standard InChI is InChI=1S/C21H21FN4O3/c1-13-11-19(29-18-9-4-3-7-15(18)22)25-20(23-13)17-8-5-6-10-26(17)21(27)16-12-28-14(2)24-16/h3-4,7,9,11-12,17H,5-6,8,10H2,1-2H3/t17-/m0/s1. The number of carbonyl (C=O) groups excluding carboxylic acids is 1. The van der Waals surface area contributed by atoms with Gasteiger partial charge in [0.2, 0.25) is 5.88 Å². The van der Waals surface area contributed by atoms with E-state index in [-0.39, 0.29) is 29.3 Å². The summed E-state index contributed by atoms with van der Waals surface area (Å²) in [5.74, 6) is 0.562. The van der Waals surface area contributed by atoms with Gasteiger partial charge in [-0.15, -0.1) is 0 Å². The number of hydrogen-bond donors (Lipinski definition) is 0. The number of piperidine rings is 1. The number of hydrogen-bond acceptors (Lipinski definition) is 6. The molecule has 0 N–H and O–H groups in total. The monoisotopic (exact) mass is 396 g/mol. The lowest BCUT2D eigenvalue weighted by molar-refractivity contribution is 0.0592. The van der Waals surface area contributed by atoms with Crippen molar-refractivity contribution in [2.75, 3.05) is 6.54 Å². The molecule has 0 bridgehead atoms. The first-order valence-corrected chi connectivity index (χ1v) is 9.52. The van der Waals surface area contributed by atoms with E-state index in [1.807, 2.05) is 6.92 Å². The van der Waals surface area contributed by atoms with Crippen LogP contribution in [0.4, 0.5) is 4.39 Å². The zero-order chi connectivity index (χ0) is 20.4. The lowest BCUT2D eigenvalue weighted by Gasteiger charge is -2.34. The maximum atomic E-state index is 14.0. The van der Waals surface area contributed by atoms with E-state index in [0.717, 1.165) is 19.3 Å². The van der Waals surface area contributed by atoms with Crippen LogP contribution in [0, 0.1) is 19.7 Å². The lowest BCUT2D eigenvalue weighted by Crippen LogP contribution is -2.39. The molecule has 150 valence electrons. The second-order valence-electron chi connectivity index (χ2n) is 7.00. The third-order valence-corrected chi connectivity index (χ3v) is 4.80. The van der Waals surface area contributed by atoms with Gasteiger partial charge in [-0.3, -0.25) is 4.79 Å². The van der Waals surface area contributed by atoms with Crippen LogP contribution in [0.25, 0.3) is 0 Å². The van der Waals surface area contributed by atoms with Gasteiger partial charge < -0.3 is 14.1 Å². The fourth-order valence-electron chi connectivity index (χ4n) is 3.46. The van der Waals surface area contributed by atoms with Crippen molar-refractivity contribution in [3.05, 3.63) is 65.5 Å². The van der Waals surface area contributed by atoms with Crippen molar-refractivity contribution >= 4 is 5.91 Å². The van der Waals surface area contributed by atoms with Gasteiger partial charge in [0.15, 0.2) is 29.0 Å². The lowest BCUT2D eigenvalue weighted by atomic mass is 10.0. The molecule has 1 aromatic carbocycles. The van der Waals surface area contributed by atoms with E-state index >= 15 is 0 Å². The van der Waals surface area contributed by atoms with Crippen molar-refractivity contribution in [2.45, 2.75) is 39.2 Å². The normalized spacial score (nSPS) is 16.7. The molecule has 1 amide bonds. The summed E-state index contributed by atoms with van der Waals surface area (Å²) in [6, 6.07) is 7.48. The molecule has 2 aromatic heterocycles. The number of aryl methyl sites for hydroxylation is 2. The Kier molecular flexibility index (Phi) is 5.24. The van der Waals surface area contributed by atoms with Gasteiger partial charge >= 0.3 is 0 Å². The number of ether oxygens (including phenoxy) is 1. The Morgan fingerprint density at radius 1 is 1.21 bits per heavy atom. The molecule has 0 radical (unpaired) electrons. The number of nitrogens with zero attached hydrogens (tertiary/aromatic N) is 4. The molecule has 0 saturated carbocycles. The van der Waals surface area contributed by atoms with Crippen molar-refractivity contribution in [2.24, 2.45) is 0 Å². The third kappa shape index (κ3) is 4.11. The predicted octanol–water partition coefficient (Wildman–Crippen LogP) is 4.38. The average Bonchev–Trinajstić information content (AvgIpc) is 3.15. The number of amides is 1. The summed E-state index contributed by atoms with van der Waals surface area (Å²) in [6.07, 6.45) is 3.94. The topological polar surface area (TPSA) is 81.4 Å². The molecule has 1 aliphatic heterocycles. The molecule has 4 rings (SSSR count). The molecular weight excluding hydrogens is 375 g/mol. The molecular formula is C21H21FN4O3. The second kappa shape index (κ2) is 7.98. The maximum absolute atomic E-state index is 14.0. The van der Waals surface area contributed by atoms with E-state index in [9.17, 15) is 9.18 Å². The van der Waals surface area contributed by atoms with Crippen LogP contribution in [0.3, 0.4) is 0 Å². The Bertz CT molecular complexity index is 1040. The van der Waals surface area contributed by atoms with Gasteiger partial charge in [-0.2, -0.15) is 4.98 Å². The first-order chi connectivity index (χ1) is 14.0. The average molecular weight is 396 g/mol. The van der Waals surface area contributed by atoms with Gasteiger partial charge in [0.1, 0.15) is 6.26 Å². The molecule has 8 heteroatoms. The first-order valence-electron chi connectivity index (χ1n) is 9.52. The van der Waals surface area contributed by atoms with Crippen molar-refractivity contribution in [3.8, 4) is 11.6 Å². The fraction of sp³-hybridized carbons (Fsp3) is 0.333. The molecule has 1 atom stereocenters. The van der Waals surface area contributed by atoms with Crippen LogP contribution < -0.4 is 4.74 Å². The van der Waals surface area contributed by atoms with E-state index in [2.05, 4.69) is 15.0 Å². The van der Waals surface area contributed by atoms with Crippen LogP contribution in [-0.2, 0) is 0 Å². The fourth-order valence-corrected chi connectivity index (χ4v) is 3.46. The summed E-state index contributed by atoms with van der Waals surface area (Å²) in [5, 5.41) is 0. The summed E-state index contributed by atoms with van der Waals surface area (Å²) in [5.41, 5.74) is 0.946. The summed E-state index contributed by atoms with van der Waals surface area (Å²) in [7, 11) is 0. The minimum Gasteiger partial charge on any atom is -0.448 e.